The molecule has 0 aromatic carbocycles. The fraction of sp³-hybridized carbons (Fsp3) is 0.429. The van der Waals surface area contributed by atoms with Crippen molar-refractivity contribution in [2.24, 2.45) is 0 Å². The van der Waals surface area contributed by atoms with E-state index in [0.717, 1.165) is 23.6 Å². The van der Waals surface area contributed by atoms with Crippen LogP contribution in [-0.4, -0.2) is 24.1 Å². The molecule has 2 aromatic rings. The Bertz CT molecular complexity index is 520. The normalized spacial score (nSPS) is 12.4. The third kappa shape index (κ3) is 3.30. The summed E-state index contributed by atoms with van der Waals surface area (Å²) in [5, 5.41) is 3.19. The number of hydrogen-bond acceptors (Lipinski definition) is 5. The van der Waals surface area contributed by atoms with Crippen molar-refractivity contribution >= 4 is 17.0 Å². The third-order valence-electron chi connectivity index (χ3n) is 3.31. The Hall–Kier alpha value is -1.46. The Morgan fingerprint density at radius 2 is 2.16 bits per heavy atom. The van der Waals surface area contributed by atoms with Crippen LogP contribution in [0, 0.1) is 6.92 Å². The SMILES string of the molecule is CNC(C)c1ccc(N(C)Cc2scnc2C)cn1. The molecule has 102 valence electrons. The van der Waals surface area contributed by atoms with Gasteiger partial charge in [0, 0.05) is 18.0 Å². The molecule has 2 aromatic heterocycles. The summed E-state index contributed by atoms with van der Waals surface area (Å²) in [5.41, 5.74) is 5.20. The molecule has 2 rings (SSSR count). The van der Waals surface area contributed by atoms with Crippen LogP contribution in [0.5, 0.6) is 0 Å². The summed E-state index contributed by atoms with van der Waals surface area (Å²) in [4.78, 5) is 12.3. The summed E-state index contributed by atoms with van der Waals surface area (Å²) in [6, 6.07) is 4.47. The maximum Gasteiger partial charge on any atom is 0.0798 e. The first kappa shape index (κ1) is 14.0. The molecule has 2 heterocycles. The van der Waals surface area contributed by atoms with E-state index in [0.29, 0.717) is 0 Å². The second kappa shape index (κ2) is 6.12. The Balaban J connectivity index is 2.07. The molecule has 5 heteroatoms. The maximum atomic E-state index is 4.51. The fourth-order valence-electron chi connectivity index (χ4n) is 1.81. The Morgan fingerprint density at radius 3 is 2.68 bits per heavy atom. The summed E-state index contributed by atoms with van der Waals surface area (Å²) in [7, 11) is 4.02. The molecule has 1 atom stereocenters. The predicted molar refractivity (Wildman–Crippen MR) is 80.7 cm³/mol. The highest BCUT2D eigenvalue weighted by molar-refractivity contribution is 7.09. The number of anilines is 1. The molecule has 0 aliphatic rings. The number of nitrogens with one attached hydrogen (secondary N) is 1. The van der Waals surface area contributed by atoms with Gasteiger partial charge in [-0.1, -0.05) is 0 Å². The number of pyridine rings is 1. The standard InChI is InChI=1S/C14H20N4S/c1-10(15-3)13-6-5-12(7-16-13)18(4)8-14-11(2)17-9-19-14/h5-7,9-10,15H,8H2,1-4H3. The van der Waals surface area contributed by atoms with Gasteiger partial charge in [-0.15, -0.1) is 11.3 Å². The van der Waals surface area contributed by atoms with Crippen molar-refractivity contribution in [1.29, 1.82) is 0 Å². The van der Waals surface area contributed by atoms with E-state index in [-0.39, 0.29) is 6.04 Å². The van der Waals surface area contributed by atoms with Crippen molar-refractivity contribution in [1.82, 2.24) is 15.3 Å². The van der Waals surface area contributed by atoms with Gasteiger partial charge in [-0.05, 0) is 33.0 Å². The summed E-state index contributed by atoms with van der Waals surface area (Å²) >= 11 is 1.70. The monoisotopic (exact) mass is 276 g/mol. The molecule has 0 saturated heterocycles. The highest BCUT2D eigenvalue weighted by atomic mass is 32.1. The number of thiazole rings is 1. The molecule has 0 aliphatic carbocycles. The van der Waals surface area contributed by atoms with Gasteiger partial charge in [0.25, 0.3) is 0 Å². The van der Waals surface area contributed by atoms with Gasteiger partial charge in [-0.25, -0.2) is 4.98 Å². The van der Waals surface area contributed by atoms with Crippen LogP contribution in [0.15, 0.2) is 23.8 Å². The van der Waals surface area contributed by atoms with Gasteiger partial charge >= 0.3 is 0 Å². The number of aryl methyl sites for hydroxylation is 1. The molecule has 4 nitrogen and oxygen atoms in total. The van der Waals surface area contributed by atoms with Crippen LogP contribution >= 0.6 is 11.3 Å². The smallest absolute Gasteiger partial charge is 0.0798 e. The van der Waals surface area contributed by atoms with Crippen LogP contribution in [0.25, 0.3) is 0 Å². The molecule has 19 heavy (non-hydrogen) atoms. The first-order valence-electron chi connectivity index (χ1n) is 6.35. The van der Waals surface area contributed by atoms with E-state index in [1.165, 1.54) is 4.88 Å². The van der Waals surface area contributed by atoms with Crippen molar-refractivity contribution in [3.63, 3.8) is 0 Å². The molecule has 0 bridgehead atoms. The minimum absolute atomic E-state index is 0.281. The lowest BCUT2D eigenvalue weighted by Gasteiger charge is -2.19. The van der Waals surface area contributed by atoms with Gasteiger partial charge < -0.3 is 10.2 Å². The second-order valence-electron chi connectivity index (χ2n) is 4.67. The van der Waals surface area contributed by atoms with Crippen LogP contribution in [0.3, 0.4) is 0 Å². The van der Waals surface area contributed by atoms with Gasteiger partial charge in [0.15, 0.2) is 0 Å². The molecule has 0 saturated carbocycles. The highest BCUT2D eigenvalue weighted by Gasteiger charge is 2.08. The lowest BCUT2D eigenvalue weighted by atomic mass is 10.2. The number of nitrogens with zero attached hydrogens (tertiary/aromatic N) is 3. The van der Waals surface area contributed by atoms with Gasteiger partial charge in [-0.2, -0.15) is 0 Å². The highest BCUT2D eigenvalue weighted by Crippen LogP contribution is 2.20. The Labute approximate surface area is 118 Å². The molecule has 0 aliphatic heterocycles. The largest absolute Gasteiger partial charge is 0.368 e. The zero-order valence-corrected chi connectivity index (χ0v) is 12.7. The Morgan fingerprint density at radius 1 is 1.37 bits per heavy atom. The van der Waals surface area contributed by atoms with Crippen molar-refractivity contribution < 1.29 is 0 Å². The van der Waals surface area contributed by atoms with Gasteiger partial charge in [0.1, 0.15) is 0 Å². The summed E-state index contributed by atoms with van der Waals surface area (Å²) in [6.45, 7) is 5.03. The summed E-state index contributed by atoms with van der Waals surface area (Å²) < 4.78 is 0. The van der Waals surface area contributed by atoms with Gasteiger partial charge in [-0.3, -0.25) is 4.98 Å². The minimum atomic E-state index is 0.281. The van der Waals surface area contributed by atoms with Crippen LogP contribution in [0.4, 0.5) is 5.69 Å². The average Bonchev–Trinajstić information content (AvgIpc) is 2.83. The fourth-order valence-corrected chi connectivity index (χ4v) is 2.64. The Kier molecular flexibility index (Phi) is 4.50. The van der Waals surface area contributed by atoms with E-state index in [1.54, 1.807) is 11.3 Å². The average molecular weight is 276 g/mol. The van der Waals surface area contributed by atoms with E-state index in [2.05, 4.69) is 53.2 Å². The first-order chi connectivity index (χ1) is 9.11. The predicted octanol–water partition coefficient (Wildman–Crippen LogP) is 2.76. The van der Waals surface area contributed by atoms with E-state index in [9.17, 15) is 0 Å². The second-order valence-corrected chi connectivity index (χ2v) is 5.61. The molecule has 1 unspecified atom stereocenters. The van der Waals surface area contributed by atoms with E-state index >= 15 is 0 Å². The number of rotatable bonds is 5. The number of aromatic nitrogens is 2. The van der Waals surface area contributed by atoms with Crippen LogP contribution in [0.2, 0.25) is 0 Å². The lowest BCUT2D eigenvalue weighted by molar-refractivity contribution is 0.633. The minimum Gasteiger partial charge on any atom is -0.368 e. The van der Waals surface area contributed by atoms with Crippen LogP contribution < -0.4 is 10.2 Å². The molecule has 0 fully saturated rings. The van der Waals surface area contributed by atoms with Gasteiger partial charge in [0.05, 0.1) is 35.3 Å². The van der Waals surface area contributed by atoms with Crippen molar-refractivity contribution in [2.45, 2.75) is 26.4 Å². The van der Waals surface area contributed by atoms with E-state index in [4.69, 9.17) is 0 Å². The molecule has 1 N–H and O–H groups in total. The molecule has 0 radical (unpaired) electrons. The summed E-state index contributed by atoms with van der Waals surface area (Å²) in [5.74, 6) is 0. The third-order valence-corrected chi connectivity index (χ3v) is 4.23. The molecular weight excluding hydrogens is 256 g/mol. The van der Waals surface area contributed by atoms with E-state index < -0.39 is 0 Å². The number of hydrogen-bond donors (Lipinski definition) is 1. The van der Waals surface area contributed by atoms with Crippen molar-refractivity contribution in [2.75, 3.05) is 19.0 Å². The first-order valence-corrected chi connectivity index (χ1v) is 7.23. The van der Waals surface area contributed by atoms with Gasteiger partial charge in [0.2, 0.25) is 0 Å². The van der Waals surface area contributed by atoms with Crippen LogP contribution in [-0.2, 0) is 6.54 Å². The molecule has 0 amide bonds. The maximum absolute atomic E-state index is 4.51. The molecule has 0 spiro atoms. The van der Waals surface area contributed by atoms with Crippen molar-refractivity contribution in [3.05, 3.63) is 40.1 Å². The van der Waals surface area contributed by atoms with E-state index in [1.807, 2.05) is 18.8 Å². The zero-order chi connectivity index (χ0) is 13.8. The molecular formula is C14H20N4S. The van der Waals surface area contributed by atoms with Crippen molar-refractivity contribution in [3.8, 4) is 0 Å². The lowest BCUT2D eigenvalue weighted by Crippen LogP contribution is -2.18. The topological polar surface area (TPSA) is 41.0 Å². The van der Waals surface area contributed by atoms with Crippen LogP contribution in [0.1, 0.15) is 29.2 Å². The zero-order valence-electron chi connectivity index (χ0n) is 11.8. The quantitative estimate of drug-likeness (QED) is 0.911. The summed E-state index contributed by atoms with van der Waals surface area (Å²) in [6.07, 6.45) is 1.93.